The number of carbonyl (C=O) groups excluding carboxylic acids is 1. The van der Waals surface area contributed by atoms with Crippen LogP contribution in [0.5, 0.6) is 5.75 Å². The van der Waals surface area contributed by atoms with Crippen molar-refractivity contribution in [3.05, 3.63) is 155 Å². The highest BCUT2D eigenvalue weighted by Crippen LogP contribution is 2.38. The van der Waals surface area contributed by atoms with E-state index in [0.717, 1.165) is 16.7 Å². The number of aryl methyl sites for hydroxylation is 2. The van der Waals surface area contributed by atoms with Crippen LogP contribution in [0.2, 0.25) is 0 Å². The van der Waals surface area contributed by atoms with Crippen molar-refractivity contribution in [1.29, 1.82) is 0 Å². The van der Waals surface area contributed by atoms with Crippen LogP contribution in [-0.2, 0) is 33.1 Å². The molecule has 0 saturated carbocycles. The largest absolute Gasteiger partial charge is 0.489 e. The fourth-order valence-electron chi connectivity index (χ4n) is 5.43. The van der Waals surface area contributed by atoms with Gasteiger partial charge in [-0.3, -0.25) is 4.79 Å². The van der Waals surface area contributed by atoms with Gasteiger partial charge >= 0.3 is 0 Å². The molecule has 250 valence electrons. The van der Waals surface area contributed by atoms with Crippen LogP contribution in [-0.4, -0.2) is 34.3 Å². The van der Waals surface area contributed by atoms with Crippen LogP contribution in [0.1, 0.15) is 32.6 Å². The molecule has 0 atom stereocenters. The summed E-state index contributed by atoms with van der Waals surface area (Å²) in [6.45, 7) is 4.01. The third-order valence-electron chi connectivity index (χ3n) is 8.06. The zero-order valence-corrected chi connectivity index (χ0v) is 28.6. The number of fused-ring (bicyclic) bond motifs is 1. The van der Waals surface area contributed by atoms with E-state index in [4.69, 9.17) is 4.74 Å². The van der Waals surface area contributed by atoms with E-state index in [9.17, 15) is 21.6 Å². The number of carbonyl (C=O) groups is 1. The zero-order valence-electron chi connectivity index (χ0n) is 27.0. The quantitative estimate of drug-likeness (QED) is 0.143. The topological polar surface area (TPSA) is 126 Å². The van der Waals surface area contributed by atoms with Gasteiger partial charge in [0.1, 0.15) is 18.2 Å². The molecule has 6 rings (SSSR count). The molecule has 49 heavy (non-hydrogen) atoms. The standard InChI is InChI=1S/C38H35N3O6S2/c1-27-13-18-32(19-14-27)48(43,44)41(49(45,46)33-20-15-28(2)16-21-33)37-34(23-24-39-38(42)30-11-7-4-8-12-30)35-25-31(17-22-36(35)40-37)47-26-29-9-5-3-6-10-29/h3-22,25,40H,23-24,26H2,1-2H3,(H,39,42). The maximum atomic E-state index is 14.5. The fraction of sp³-hybridized carbons (Fsp3) is 0.132. The average Bonchev–Trinajstić information content (AvgIpc) is 3.44. The third-order valence-corrected chi connectivity index (χ3v) is 12.2. The highest BCUT2D eigenvalue weighted by Gasteiger charge is 2.40. The van der Waals surface area contributed by atoms with E-state index in [-0.39, 0.29) is 34.5 Å². The van der Waals surface area contributed by atoms with Crippen molar-refractivity contribution in [3.8, 4) is 5.75 Å². The Bertz CT molecular complexity index is 2230. The predicted molar refractivity (Wildman–Crippen MR) is 191 cm³/mol. The van der Waals surface area contributed by atoms with Crippen molar-refractivity contribution < 1.29 is 26.4 Å². The SMILES string of the molecule is Cc1ccc(S(=O)(=O)N(c2[nH]c3ccc(OCc4ccccc4)cc3c2CCNC(=O)c2ccccc2)S(=O)(=O)c2ccc(C)cc2)cc1. The number of hydrogen-bond donors (Lipinski definition) is 2. The van der Waals surface area contributed by atoms with Crippen molar-refractivity contribution in [1.82, 2.24) is 10.3 Å². The molecular weight excluding hydrogens is 659 g/mol. The molecule has 0 saturated heterocycles. The Kier molecular flexibility index (Phi) is 9.57. The Labute approximate surface area is 286 Å². The molecule has 0 unspecified atom stereocenters. The summed E-state index contributed by atoms with van der Waals surface area (Å²) in [4.78, 5) is 15.7. The van der Waals surface area contributed by atoms with Crippen LogP contribution in [0.4, 0.5) is 5.82 Å². The molecule has 1 heterocycles. The van der Waals surface area contributed by atoms with Crippen LogP contribution >= 0.6 is 0 Å². The number of H-pyrrole nitrogens is 1. The highest BCUT2D eigenvalue weighted by atomic mass is 32.3. The second-order valence-corrected chi connectivity index (χ2v) is 15.4. The molecule has 2 N–H and O–H groups in total. The Morgan fingerprint density at radius 2 is 1.27 bits per heavy atom. The van der Waals surface area contributed by atoms with Crippen molar-refractivity contribution in [2.45, 2.75) is 36.7 Å². The number of nitrogens with zero attached hydrogens (tertiary/aromatic N) is 1. The summed E-state index contributed by atoms with van der Waals surface area (Å²) < 4.78 is 64.5. The minimum absolute atomic E-state index is 0.0891. The molecule has 6 aromatic rings. The van der Waals surface area contributed by atoms with E-state index in [1.807, 2.05) is 50.2 Å². The molecule has 0 aliphatic carbocycles. The number of rotatable bonds is 12. The monoisotopic (exact) mass is 693 g/mol. The molecule has 11 heteroatoms. The van der Waals surface area contributed by atoms with E-state index in [0.29, 0.717) is 38.1 Å². The number of anilines is 1. The predicted octanol–water partition coefficient (Wildman–Crippen LogP) is 6.92. The lowest BCUT2D eigenvalue weighted by Gasteiger charge is -2.24. The van der Waals surface area contributed by atoms with Crippen LogP contribution in [0.15, 0.2) is 137 Å². The molecule has 9 nitrogen and oxygen atoms in total. The van der Waals surface area contributed by atoms with Crippen molar-refractivity contribution >= 4 is 42.7 Å². The maximum absolute atomic E-state index is 14.5. The number of hydrogen-bond acceptors (Lipinski definition) is 6. The number of amides is 1. The lowest BCUT2D eigenvalue weighted by atomic mass is 10.1. The first kappa shape index (κ1) is 33.5. The van der Waals surface area contributed by atoms with Gasteiger partial charge in [-0.1, -0.05) is 83.9 Å². The van der Waals surface area contributed by atoms with E-state index in [2.05, 4.69) is 10.3 Å². The van der Waals surface area contributed by atoms with Crippen molar-refractivity contribution in [3.63, 3.8) is 0 Å². The Morgan fingerprint density at radius 3 is 1.84 bits per heavy atom. The molecule has 0 fully saturated rings. The van der Waals surface area contributed by atoms with Crippen LogP contribution in [0, 0.1) is 13.8 Å². The number of benzene rings is 5. The van der Waals surface area contributed by atoms with Gasteiger partial charge in [0, 0.05) is 28.6 Å². The smallest absolute Gasteiger partial charge is 0.278 e. The summed E-state index contributed by atoms with van der Waals surface area (Å²) >= 11 is 0. The highest BCUT2D eigenvalue weighted by molar-refractivity contribution is 8.10. The first-order valence-electron chi connectivity index (χ1n) is 15.6. The Balaban J connectivity index is 1.49. The Morgan fingerprint density at radius 1 is 0.714 bits per heavy atom. The van der Waals surface area contributed by atoms with Crippen molar-refractivity contribution in [2.24, 2.45) is 0 Å². The normalized spacial score (nSPS) is 11.7. The van der Waals surface area contributed by atoms with E-state index < -0.39 is 20.0 Å². The average molecular weight is 694 g/mol. The second kappa shape index (κ2) is 14.0. The van der Waals surface area contributed by atoms with Gasteiger partial charge in [-0.25, -0.2) is 0 Å². The number of aromatic amines is 1. The summed E-state index contributed by atoms with van der Waals surface area (Å²) in [5.41, 5.74) is 3.92. The summed E-state index contributed by atoms with van der Waals surface area (Å²) in [5.74, 6) is 0.0430. The van der Waals surface area contributed by atoms with Gasteiger partial charge in [0.2, 0.25) is 0 Å². The summed E-state index contributed by atoms with van der Waals surface area (Å²) in [5, 5.41) is 3.43. The van der Waals surface area contributed by atoms with Crippen molar-refractivity contribution in [2.75, 3.05) is 10.3 Å². The van der Waals surface area contributed by atoms with Gasteiger partial charge in [0.05, 0.1) is 9.79 Å². The molecular formula is C38H35N3O6S2. The van der Waals surface area contributed by atoms with Crippen LogP contribution < -0.4 is 13.8 Å². The van der Waals surface area contributed by atoms with Gasteiger partial charge < -0.3 is 15.0 Å². The fourth-order valence-corrected chi connectivity index (χ4v) is 9.11. The van der Waals surface area contributed by atoms with Gasteiger partial charge in [0.25, 0.3) is 26.0 Å². The number of sulfonamides is 2. The van der Waals surface area contributed by atoms with E-state index in [1.54, 1.807) is 66.7 Å². The second-order valence-electron chi connectivity index (χ2n) is 11.6. The molecule has 0 aliphatic rings. The summed E-state index contributed by atoms with van der Waals surface area (Å²) in [7, 11) is -9.40. The zero-order chi connectivity index (χ0) is 34.6. The lowest BCUT2D eigenvalue weighted by Crippen LogP contribution is -2.38. The molecule has 0 bridgehead atoms. The minimum atomic E-state index is -4.70. The molecule has 1 aromatic heterocycles. The number of nitrogens with one attached hydrogen (secondary N) is 2. The van der Waals surface area contributed by atoms with Gasteiger partial charge in [-0.15, -0.1) is 3.71 Å². The summed E-state index contributed by atoms with van der Waals surface area (Å²) in [6.07, 6.45) is 0.0966. The first-order chi connectivity index (χ1) is 23.5. The maximum Gasteiger partial charge on any atom is 0.278 e. The van der Waals surface area contributed by atoms with Crippen LogP contribution in [0.3, 0.4) is 0 Å². The van der Waals surface area contributed by atoms with Gasteiger partial charge in [0.15, 0.2) is 0 Å². The number of aromatic nitrogens is 1. The number of ether oxygens (including phenoxy) is 1. The van der Waals surface area contributed by atoms with E-state index >= 15 is 0 Å². The Hall–Kier alpha value is -5.39. The lowest BCUT2D eigenvalue weighted by molar-refractivity contribution is 0.0954. The molecule has 0 aliphatic heterocycles. The molecule has 1 amide bonds. The van der Waals surface area contributed by atoms with E-state index in [1.165, 1.54) is 24.3 Å². The van der Waals surface area contributed by atoms with Gasteiger partial charge in [-0.05, 0) is 80.4 Å². The minimum Gasteiger partial charge on any atom is -0.489 e. The van der Waals surface area contributed by atoms with Crippen LogP contribution in [0.25, 0.3) is 10.9 Å². The first-order valence-corrected chi connectivity index (χ1v) is 18.5. The molecule has 0 radical (unpaired) electrons. The van der Waals surface area contributed by atoms with Gasteiger partial charge in [-0.2, -0.15) is 16.8 Å². The third kappa shape index (κ3) is 7.23. The molecule has 0 spiro atoms. The molecule has 5 aromatic carbocycles. The summed E-state index contributed by atoms with van der Waals surface area (Å²) in [6, 6.07) is 35.6.